The molecular weight excluding hydrogens is 498 g/mol. The van der Waals surface area contributed by atoms with E-state index in [0.717, 1.165) is 17.7 Å². The molecule has 2 rings (SSSR count). The number of carboxylic acids is 1. The molecule has 0 saturated carbocycles. The summed E-state index contributed by atoms with van der Waals surface area (Å²) >= 11 is 7.78. The van der Waals surface area contributed by atoms with Crippen LogP contribution in [0.2, 0.25) is 0 Å². The summed E-state index contributed by atoms with van der Waals surface area (Å²) in [5, 5.41) is 29.1. The van der Waals surface area contributed by atoms with Crippen LogP contribution in [-0.4, -0.2) is 40.3 Å². The first-order chi connectivity index (χ1) is 15.8. The van der Waals surface area contributed by atoms with Crippen molar-refractivity contribution in [3.8, 4) is 11.5 Å². The van der Waals surface area contributed by atoms with Gasteiger partial charge in [-0.05, 0) is 77.7 Å². The minimum absolute atomic E-state index is 0.0700. The Morgan fingerprint density at radius 3 is 1.45 bits per heavy atom. The molecule has 2 aromatic rings. The number of phenols is 2. The number of aromatic hydroxyl groups is 2. The highest BCUT2D eigenvalue weighted by Gasteiger charge is 2.00. The molecule has 2 aromatic carbocycles. The van der Waals surface area contributed by atoms with Gasteiger partial charge in [0.05, 0.1) is 0 Å². The van der Waals surface area contributed by atoms with Gasteiger partial charge in [-0.25, -0.2) is 0 Å². The Morgan fingerprint density at radius 1 is 0.818 bits per heavy atom. The molecule has 0 fully saturated rings. The summed E-state index contributed by atoms with van der Waals surface area (Å²) in [5.41, 5.74) is 6.84. The highest BCUT2D eigenvalue weighted by atomic mass is 32.4. The van der Waals surface area contributed by atoms with Gasteiger partial charge < -0.3 is 26.4 Å². The third-order valence-corrected chi connectivity index (χ3v) is 3.51. The highest BCUT2D eigenvalue weighted by Crippen LogP contribution is 2.11. The summed E-state index contributed by atoms with van der Waals surface area (Å²) in [6.07, 6.45) is 1.85. The van der Waals surface area contributed by atoms with Crippen LogP contribution >= 0.6 is 16.0 Å². The lowest BCUT2D eigenvalue weighted by Crippen LogP contribution is -2.22. The van der Waals surface area contributed by atoms with Gasteiger partial charge in [0.15, 0.2) is 0 Å². The fourth-order valence-electron chi connectivity index (χ4n) is 2.12. The van der Waals surface area contributed by atoms with Crippen LogP contribution in [0.4, 0.5) is 0 Å². The zero-order valence-corrected chi connectivity index (χ0v) is 22.5. The van der Waals surface area contributed by atoms with E-state index in [9.17, 15) is 9.59 Å². The second-order valence-electron chi connectivity index (χ2n) is 6.09. The average Bonchev–Trinajstić information content (AvgIpc) is 2.82. The summed E-state index contributed by atoms with van der Waals surface area (Å²) in [4.78, 5) is 21.3. The van der Waals surface area contributed by atoms with E-state index < -0.39 is 5.97 Å². The number of aliphatic carboxylic acids is 1. The topological polar surface area (TPSA) is 133 Å². The number of hydrogen-bond acceptors (Lipinski definition) is 7. The molecular formula is C22H34N2O5P2S2. The van der Waals surface area contributed by atoms with Crippen molar-refractivity contribution < 1.29 is 24.9 Å². The molecule has 0 unspecified atom stereocenters. The second kappa shape index (κ2) is 26.2. The standard InChI is InChI=1S/C11H15NO2.C9H10O3.C2H7N.2HPS/c1-2-12-11(14)8-5-9-3-6-10(13)7-4-9;10-8-4-1-7(2-5-8)3-6-9(11)12;1-2-3;2*1-2/h3-4,6-7,13H,2,5,8H2,1H3,(H,12,14);1-2,4-5,10H,3,6H2,(H,11,12);2-3H2,1H3;2*1H. The molecule has 0 bridgehead atoms. The molecule has 0 atom stereocenters. The third kappa shape index (κ3) is 24.5. The predicted octanol–water partition coefficient (Wildman–Crippen LogP) is 4.02. The van der Waals surface area contributed by atoms with Gasteiger partial charge in [-0.2, -0.15) is 0 Å². The summed E-state index contributed by atoms with van der Waals surface area (Å²) in [5.74, 6) is -0.274. The molecule has 0 heterocycles. The molecule has 1 amide bonds. The van der Waals surface area contributed by atoms with Crippen LogP contribution in [-0.2, 0) is 46.0 Å². The van der Waals surface area contributed by atoms with Crippen LogP contribution in [0.1, 0.15) is 37.8 Å². The van der Waals surface area contributed by atoms with Crippen molar-refractivity contribution in [3.05, 3.63) is 59.7 Å². The summed E-state index contributed by atoms with van der Waals surface area (Å²) in [7, 11) is 5.11. The smallest absolute Gasteiger partial charge is 0.303 e. The molecule has 33 heavy (non-hydrogen) atoms. The monoisotopic (exact) mass is 532 g/mol. The zero-order valence-electron chi connectivity index (χ0n) is 18.9. The lowest BCUT2D eigenvalue weighted by molar-refractivity contribution is -0.137. The Labute approximate surface area is 210 Å². The van der Waals surface area contributed by atoms with Gasteiger partial charge in [-0.1, -0.05) is 54.8 Å². The Kier molecular flexibility index (Phi) is 28.3. The minimum atomic E-state index is -0.803. The molecule has 0 spiro atoms. The molecule has 0 aromatic heterocycles. The first kappa shape index (κ1) is 35.6. The van der Waals surface area contributed by atoms with Gasteiger partial charge in [0, 0.05) is 19.4 Å². The average molecular weight is 533 g/mol. The van der Waals surface area contributed by atoms with Crippen LogP contribution in [0.15, 0.2) is 48.5 Å². The fraction of sp³-hybridized carbons (Fsp3) is 0.364. The highest BCUT2D eigenvalue weighted by molar-refractivity contribution is 7.89. The summed E-state index contributed by atoms with van der Waals surface area (Å²) in [6.45, 7) is 5.23. The maximum absolute atomic E-state index is 11.1. The quantitative estimate of drug-likeness (QED) is 0.338. The van der Waals surface area contributed by atoms with Crippen molar-refractivity contribution in [1.82, 2.24) is 5.32 Å². The van der Waals surface area contributed by atoms with Crippen molar-refractivity contribution >= 4 is 51.5 Å². The lowest BCUT2D eigenvalue weighted by Gasteiger charge is -2.02. The number of carbonyl (C=O) groups excluding carboxylic acids is 1. The van der Waals surface area contributed by atoms with Crippen LogP contribution in [0.5, 0.6) is 11.5 Å². The van der Waals surface area contributed by atoms with Gasteiger partial charge in [0.2, 0.25) is 5.91 Å². The number of hydrogen-bond donors (Lipinski definition) is 5. The Hall–Kier alpha value is -2.02. The van der Waals surface area contributed by atoms with E-state index in [2.05, 4.69) is 45.0 Å². The Balaban J connectivity index is -0.000000432. The first-order valence-electron chi connectivity index (χ1n) is 9.97. The number of benzene rings is 2. The van der Waals surface area contributed by atoms with E-state index in [1.54, 1.807) is 36.4 Å². The van der Waals surface area contributed by atoms with Gasteiger partial charge in [-0.15, -0.1) is 0 Å². The Bertz CT molecular complexity index is 749. The molecule has 0 radical (unpaired) electrons. The van der Waals surface area contributed by atoms with Crippen molar-refractivity contribution in [2.24, 2.45) is 5.73 Å². The first-order valence-corrected chi connectivity index (χ1v) is 13.2. The van der Waals surface area contributed by atoms with E-state index >= 15 is 0 Å². The van der Waals surface area contributed by atoms with Crippen molar-refractivity contribution in [1.29, 1.82) is 0 Å². The third-order valence-electron chi connectivity index (χ3n) is 3.51. The predicted molar refractivity (Wildman–Crippen MR) is 145 cm³/mol. The number of carboxylic acid groups (broad SMARTS) is 1. The Morgan fingerprint density at radius 2 is 1.15 bits per heavy atom. The number of phenolic OH excluding ortho intramolecular Hbond substituents is 2. The van der Waals surface area contributed by atoms with Crippen molar-refractivity contribution in [2.75, 3.05) is 13.1 Å². The number of nitrogens with one attached hydrogen (secondary N) is 1. The van der Waals surface area contributed by atoms with Crippen LogP contribution < -0.4 is 11.1 Å². The summed E-state index contributed by atoms with van der Waals surface area (Å²) in [6, 6.07) is 13.5. The number of rotatable bonds is 7. The van der Waals surface area contributed by atoms with Crippen LogP contribution in [0, 0.1) is 0 Å². The molecule has 0 aliphatic rings. The molecule has 11 heteroatoms. The van der Waals surface area contributed by atoms with Gasteiger partial charge in [-0.3, -0.25) is 9.59 Å². The maximum atomic E-state index is 11.1. The van der Waals surface area contributed by atoms with Crippen molar-refractivity contribution in [3.63, 3.8) is 0 Å². The largest absolute Gasteiger partial charge is 0.508 e. The molecule has 0 aliphatic carbocycles. The van der Waals surface area contributed by atoms with Crippen LogP contribution in [0.3, 0.4) is 0 Å². The fourth-order valence-corrected chi connectivity index (χ4v) is 2.12. The van der Waals surface area contributed by atoms with Gasteiger partial charge >= 0.3 is 5.97 Å². The number of amides is 1. The minimum Gasteiger partial charge on any atom is -0.508 e. The molecule has 184 valence electrons. The second-order valence-corrected chi connectivity index (χ2v) is 6.09. The maximum Gasteiger partial charge on any atom is 0.303 e. The number of aryl methyl sites for hydroxylation is 2. The zero-order chi connectivity index (χ0) is 26.1. The number of carbonyl (C=O) groups is 2. The van der Waals surface area contributed by atoms with Crippen LogP contribution in [0.25, 0.3) is 0 Å². The van der Waals surface area contributed by atoms with Gasteiger partial charge in [0.25, 0.3) is 0 Å². The lowest BCUT2D eigenvalue weighted by atomic mass is 10.1. The van der Waals surface area contributed by atoms with E-state index in [0.29, 0.717) is 25.8 Å². The van der Waals surface area contributed by atoms with E-state index in [4.69, 9.17) is 21.1 Å². The molecule has 6 N–H and O–H groups in total. The summed E-state index contributed by atoms with van der Waals surface area (Å²) < 4.78 is 0. The number of nitrogens with two attached hydrogens (primary N) is 1. The van der Waals surface area contributed by atoms with Crippen molar-refractivity contribution in [2.45, 2.75) is 39.5 Å². The van der Waals surface area contributed by atoms with E-state index in [1.807, 2.05) is 26.0 Å². The molecule has 0 aliphatic heterocycles. The molecule has 7 nitrogen and oxygen atoms in total. The SMILES string of the molecule is CCN.CCNC(=O)CCc1ccc(O)cc1.O=C(O)CCc1ccc(O)cc1.P=S.P=S. The van der Waals surface area contributed by atoms with E-state index in [1.165, 1.54) is 0 Å². The normalized spacial score (nSPS) is 8.45. The molecule has 0 saturated heterocycles. The van der Waals surface area contributed by atoms with E-state index in [-0.39, 0.29) is 23.8 Å². The van der Waals surface area contributed by atoms with Gasteiger partial charge in [0.1, 0.15) is 11.5 Å².